The van der Waals surface area contributed by atoms with E-state index in [-0.39, 0.29) is 11.9 Å². The highest BCUT2D eigenvalue weighted by atomic mass is 35.5. The van der Waals surface area contributed by atoms with Gasteiger partial charge in [0.25, 0.3) is 5.91 Å². The van der Waals surface area contributed by atoms with Crippen LogP contribution in [0.2, 0.25) is 5.02 Å². The average Bonchev–Trinajstić information content (AvgIpc) is 2.54. The predicted molar refractivity (Wildman–Crippen MR) is 95.3 cm³/mol. The maximum absolute atomic E-state index is 12.3. The van der Waals surface area contributed by atoms with Crippen molar-refractivity contribution in [2.45, 2.75) is 33.2 Å². The Morgan fingerprint density at radius 3 is 2.75 bits per heavy atom. The molecule has 1 aromatic heterocycles. The van der Waals surface area contributed by atoms with E-state index in [0.29, 0.717) is 33.8 Å². The second kappa shape index (κ2) is 7.97. The summed E-state index contributed by atoms with van der Waals surface area (Å²) in [5, 5.41) is 6.59. The predicted octanol–water partition coefficient (Wildman–Crippen LogP) is 3.72. The molecule has 0 fully saturated rings. The highest BCUT2D eigenvalue weighted by molar-refractivity contribution is 6.31. The number of ether oxygens (including phenoxy) is 1. The van der Waals surface area contributed by atoms with Crippen LogP contribution in [0.15, 0.2) is 24.3 Å². The Morgan fingerprint density at radius 1 is 1.33 bits per heavy atom. The van der Waals surface area contributed by atoms with Gasteiger partial charge in [-0.3, -0.25) is 4.79 Å². The first-order valence-corrected chi connectivity index (χ1v) is 8.07. The van der Waals surface area contributed by atoms with Gasteiger partial charge in [0.2, 0.25) is 0 Å². The zero-order valence-corrected chi connectivity index (χ0v) is 14.9. The normalized spacial score (nSPS) is 11.7. The molecule has 0 aliphatic rings. The molecule has 0 spiro atoms. The van der Waals surface area contributed by atoms with Crippen LogP contribution in [0.5, 0.6) is 5.75 Å². The monoisotopic (exact) mass is 348 g/mol. The summed E-state index contributed by atoms with van der Waals surface area (Å²) in [5.74, 6) is 1.39. The second-order valence-electron chi connectivity index (χ2n) is 5.44. The van der Waals surface area contributed by atoms with Gasteiger partial charge in [-0.1, -0.05) is 18.5 Å². The molecule has 0 saturated heterocycles. The number of nitrogens with one attached hydrogen (secondary N) is 2. The quantitative estimate of drug-likeness (QED) is 0.832. The topological polar surface area (TPSA) is 76.1 Å². The zero-order chi connectivity index (χ0) is 17.7. The Morgan fingerprint density at radius 2 is 2.08 bits per heavy atom. The van der Waals surface area contributed by atoms with Crippen LogP contribution in [0.3, 0.4) is 0 Å². The first kappa shape index (κ1) is 18.0. The van der Waals surface area contributed by atoms with Gasteiger partial charge in [0, 0.05) is 17.1 Å². The molecule has 1 heterocycles. The Hall–Kier alpha value is -2.34. The van der Waals surface area contributed by atoms with Gasteiger partial charge in [-0.05, 0) is 38.5 Å². The number of amides is 1. The SMILES string of the molecule is CCC(C)NC(=O)c1cc(Nc2cc(Cl)ccc2OC)nc(C)n1. The summed E-state index contributed by atoms with van der Waals surface area (Å²) in [5.41, 5.74) is 0.975. The van der Waals surface area contributed by atoms with Crippen molar-refractivity contribution < 1.29 is 9.53 Å². The third-order valence-corrected chi connectivity index (χ3v) is 3.72. The molecular weight excluding hydrogens is 328 g/mol. The molecule has 2 rings (SSSR count). The van der Waals surface area contributed by atoms with E-state index in [0.717, 1.165) is 6.42 Å². The number of methoxy groups -OCH3 is 1. The minimum Gasteiger partial charge on any atom is -0.495 e. The minimum atomic E-state index is -0.226. The Balaban J connectivity index is 2.29. The molecule has 2 N–H and O–H groups in total. The van der Waals surface area contributed by atoms with Crippen molar-refractivity contribution in [3.05, 3.63) is 40.8 Å². The fourth-order valence-electron chi connectivity index (χ4n) is 2.06. The van der Waals surface area contributed by atoms with Crippen LogP contribution >= 0.6 is 11.6 Å². The third kappa shape index (κ3) is 4.58. The Kier molecular flexibility index (Phi) is 5.98. The van der Waals surface area contributed by atoms with Crippen molar-refractivity contribution in [1.29, 1.82) is 0 Å². The summed E-state index contributed by atoms with van der Waals surface area (Å²) < 4.78 is 5.30. The molecule has 24 heavy (non-hydrogen) atoms. The van der Waals surface area contributed by atoms with E-state index < -0.39 is 0 Å². The summed E-state index contributed by atoms with van der Waals surface area (Å²) >= 11 is 6.03. The fourth-order valence-corrected chi connectivity index (χ4v) is 2.24. The second-order valence-corrected chi connectivity index (χ2v) is 5.87. The number of rotatable bonds is 6. The van der Waals surface area contributed by atoms with Gasteiger partial charge in [-0.15, -0.1) is 0 Å². The molecule has 0 radical (unpaired) electrons. The number of benzene rings is 1. The van der Waals surface area contributed by atoms with Crippen LogP contribution in [0.1, 0.15) is 36.6 Å². The van der Waals surface area contributed by atoms with Crippen molar-refractivity contribution in [3.8, 4) is 5.75 Å². The van der Waals surface area contributed by atoms with E-state index in [1.807, 2.05) is 13.8 Å². The van der Waals surface area contributed by atoms with E-state index in [2.05, 4.69) is 20.6 Å². The van der Waals surface area contributed by atoms with Gasteiger partial charge < -0.3 is 15.4 Å². The molecule has 2 aromatic rings. The molecule has 6 nitrogen and oxygen atoms in total. The number of aryl methyl sites for hydroxylation is 1. The summed E-state index contributed by atoms with van der Waals surface area (Å²) in [6, 6.07) is 6.91. The third-order valence-electron chi connectivity index (χ3n) is 3.48. The van der Waals surface area contributed by atoms with E-state index in [9.17, 15) is 4.79 Å². The van der Waals surface area contributed by atoms with Gasteiger partial charge in [0.15, 0.2) is 0 Å². The van der Waals surface area contributed by atoms with Crippen LogP contribution in [0.4, 0.5) is 11.5 Å². The molecule has 128 valence electrons. The first-order chi connectivity index (χ1) is 11.4. The number of hydrogen-bond donors (Lipinski definition) is 2. The molecule has 1 aromatic carbocycles. The minimum absolute atomic E-state index is 0.0807. The average molecular weight is 349 g/mol. The molecule has 7 heteroatoms. The number of halogens is 1. The van der Waals surface area contributed by atoms with Crippen molar-refractivity contribution in [2.75, 3.05) is 12.4 Å². The molecule has 0 saturated carbocycles. The van der Waals surface area contributed by atoms with Gasteiger partial charge >= 0.3 is 0 Å². The van der Waals surface area contributed by atoms with Crippen LogP contribution in [0, 0.1) is 6.92 Å². The van der Waals surface area contributed by atoms with Gasteiger partial charge in [0.1, 0.15) is 23.1 Å². The molecule has 0 bridgehead atoms. The highest BCUT2D eigenvalue weighted by Gasteiger charge is 2.13. The maximum atomic E-state index is 12.3. The van der Waals surface area contributed by atoms with E-state index in [1.165, 1.54) is 0 Å². The summed E-state index contributed by atoms with van der Waals surface area (Å²) in [7, 11) is 1.57. The molecule has 1 atom stereocenters. The summed E-state index contributed by atoms with van der Waals surface area (Å²) in [4.78, 5) is 20.8. The summed E-state index contributed by atoms with van der Waals surface area (Å²) in [6.45, 7) is 5.69. The number of carbonyl (C=O) groups is 1. The van der Waals surface area contributed by atoms with E-state index >= 15 is 0 Å². The number of hydrogen-bond acceptors (Lipinski definition) is 5. The van der Waals surface area contributed by atoms with Gasteiger partial charge in [-0.2, -0.15) is 0 Å². The first-order valence-electron chi connectivity index (χ1n) is 7.70. The van der Waals surface area contributed by atoms with Crippen molar-refractivity contribution in [2.24, 2.45) is 0 Å². The van der Waals surface area contributed by atoms with Gasteiger partial charge in [-0.25, -0.2) is 9.97 Å². The molecule has 1 amide bonds. The standard InChI is InChI=1S/C17H21ClN4O2/c1-5-10(2)19-17(23)14-9-16(21-11(3)20-14)22-13-8-12(18)6-7-15(13)24-4/h6-10H,5H2,1-4H3,(H,19,23)(H,20,21,22). The fraction of sp³-hybridized carbons (Fsp3) is 0.353. The maximum Gasteiger partial charge on any atom is 0.270 e. The van der Waals surface area contributed by atoms with Crippen LogP contribution in [-0.2, 0) is 0 Å². The Labute approximate surface area is 146 Å². The van der Waals surface area contributed by atoms with Crippen LogP contribution < -0.4 is 15.4 Å². The summed E-state index contributed by atoms with van der Waals surface area (Å²) in [6.07, 6.45) is 0.848. The lowest BCUT2D eigenvalue weighted by molar-refractivity contribution is 0.0934. The molecule has 1 unspecified atom stereocenters. The lowest BCUT2D eigenvalue weighted by atomic mass is 10.2. The van der Waals surface area contributed by atoms with Crippen molar-refractivity contribution >= 4 is 29.0 Å². The lowest BCUT2D eigenvalue weighted by Crippen LogP contribution is -2.32. The van der Waals surface area contributed by atoms with Crippen molar-refractivity contribution in [1.82, 2.24) is 15.3 Å². The van der Waals surface area contributed by atoms with Crippen molar-refractivity contribution in [3.63, 3.8) is 0 Å². The number of nitrogens with zero attached hydrogens (tertiary/aromatic N) is 2. The lowest BCUT2D eigenvalue weighted by Gasteiger charge is -2.14. The molecular formula is C17H21ClN4O2. The zero-order valence-electron chi connectivity index (χ0n) is 14.2. The smallest absolute Gasteiger partial charge is 0.270 e. The number of carbonyl (C=O) groups excluding carboxylic acids is 1. The molecule has 0 aliphatic carbocycles. The van der Waals surface area contributed by atoms with Crippen LogP contribution in [0.25, 0.3) is 0 Å². The van der Waals surface area contributed by atoms with Gasteiger partial charge in [0.05, 0.1) is 12.8 Å². The number of aromatic nitrogens is 2. The van der Waals surface area contributed by atoms with E-state index in [4.69, 9.17) is 16.3 Å². The molecule has 0 aliphatic heterocycles. The number of anilines is 2. The largest absolute Gasteiger partial charge is 0.495 e. The Bertz CT molecular complexity index is 737. The van der Waals surface area contributed by atoms with Crippen LogP contribution in [-0.4, -0.2) is 29.0 Å². The van der Waals surface area contributed by atoms with E-state index in [1.54, 1.807) is 38.3 Å². The highest BCUT2D eigenvalue weighted by Crippen LogP contribution is 2.30.